The van der Waals surface area contributed by atoms with Crippen LogP contribution in [0.1, 0.15) is 11.5 Å². The number of carbonyl (C=O) groups is 1. The molecule has 1 amide bonds. The van der Waals surface area contributed by atoms with Crippen molar-refractivity contribution in [3.8, 4) is 0 Å². The van der Waals surface area contributed by atoms with Crippen LogP contribution < -0.4 is 5.32 Å². The lowest BCUT2D eigenvalue weighted by molar-refractivity contribution is -0.120. The molecular weight excluding hydrogens is 322 g/mol. The number of nitrogens with zero attached hydrogens (tertiary/aromatic N) is 4. The first-order valence-electron chi connectivity index (χ1n) is 7.80. The fourth-order valence-corrected chi connectivity index (χ4v) is 3.59. The molecule has 0 fully saturated rings. The van der Waals surface area contributed by atoms with Crippen molar-refractivity contribution >= 4 is 33.2 Å². The Morgan fingerprint density at radius 2 is 2.17 bits per heavy atom. The van der Waals surface area contributed by atoms with Gasteiger partial charge >= 0.3 is 0 Å². The largest absolute Gasteiger partial charge is 0.354 e. The summed E-state index contributed by atoms with van der Waals surface area (Å²) in [7, 11) is 0. The fourth-order valence-electron chi connectivity index (χ4n) is 2.87. The Morgan fingerprint density at radius 3 is 3.04 bits per heavy atom. The maximum Gasteiger partial charge on any atom is 0.226 e. The molecule has 0 bridgehead atoms. The third kappa shape index (κ3) is 2.78. The normalized spacial score (nSPS) is 11.4. The molecule has 0 spiro atoms. The molecule has 4 aromatic rings. The van der Waals surface area contributed by atoms with Crippen molar-refractivity contribution in [2.24, 2.45) is 0 Å². The summed E-state index contributed by atoms with van der Waals surface area (Å²) in [6.07, 6.45) is 4.15. The molecule has 1 aromatic carbocycles. The second kappa shape index (κ2) is 6.09. The predicted molar refractivity (Wildman–Crippen MR) is 94.3 cm³/mol. The molecule has 24 heavy (non-hydrogen) atoms. The number of rotatable bonds is 5. The average Bonchev–Trinajstić information content (AvgIpc) is 3.21. The molecule has 122 valence electrons. The number of carbonyl (C=O) groups excluding carboxylic acids is 1. The zero-order valence-electron chi connectivity index (χ0n) is 13.3. The molecule has 0 aliphatic heterocycles. The molecule has 0 unspecified atom stereocenters. The monoisotopic (exact) mass is 339 g/mol. The number of amides is 1. The van der Waals surface area contributed by atoms with Crippen LogP contribution >= 0.6 is 11.3 Å². The maximum absolute atomic E-state index is 12.1. The van der Waals surface area contributed by atoms with Crippen LogP contribution in [-0.4, -0.2) is 31.4 Å². The van der Waals surface area contributed by atoms with E-state index in [1.807, 2.05) is 47.3 Å². The molecule has 0 aliphatic rings. The van der Waals surface area contributed by atoms with Gasteiger partial charge in [-0.1, -0.05) is 12.1 Å². The van der Waals surface area contributed by atoms with Crippen LogP contribution in [0.4, 0.5) is 0 Å². The summed E-state index contributed by atoms with van der Waals surface area (Å²) in [5.74, 6) is 0.947. The van der Waals surface area contributed by atoms with Crippen LogP contribution in [0, 0.1) is 6.92 Å². The van der Waals surface area contributed by atoms with E-state index in [1.165, 1.54) is 0 Å². The number of thiazole rings is 1. The van der Waals surface area contributed by atoms with Gasteiger partial charge in [0.2, 0.25) is 5.91 Å². The Kier molecular flexibility index (Phi) is 3.78. The van der Waals surface area contributed by atoms with Gasteiger partial charge in [0.05, 0.1) is 23.1 Å². The molecule has 4 rings (SSSR count). The molecular formula is C17H17N5OS. The topological polar surface area (TPSA) is 64.2 Å². The molecule has 7 heteroatoms. The lowest BCUT2D eigenvalue weighted by atomic mass is 10.3. The maximum atomic E-state index is 12.1. The number of para-hydroxylation sites is 2. The summed E-state index contributed by atoms with van der Waals surface area (Å²) in [4.78, 5) is 22.0. The van der Waals surface area contributed by atoms with Crippen molar-refractivity contribution in [1.29, 1.82) is 0 Å². The van der Waals surface area contributed by atoms with Crippen molar-refractivity contribution < 1.29 is 4.79 Å². The number of benzene rings is 1. The number of nitrogens with one attached hydrogen (secondary N) is 1. The smallest absolute Gasteiger partial charge is 0.226 e. The van der Waals surface area contributed by atoms with Gasteiger partial charge in [-0.05, 0) is 19.1 Å². The van der Waals surface area contributed by atoms with Crippen molar-refractivity contribution in [3.63, 3.8) is 0 Å². The van der Waals surface area contributed by atoms with Gasteiger partial charge in [-0.3, -0.25) is 9.20 Å². The summed E-state index contributed by atoms with van der Waals surface area (Å²) in [5.41, 5.74) is 2.88. The van der Waals surface area contributed by atoms with E-state index in [-0.39, 0.29) is 5.91 Å². The average molecular weight is 339 g/mol. The quantitative estimate of drug-likeness (QED) is 0.607. The van der Waals surface area contributed by atoms with E-state index in [1.54, 1.807) is 11.3 Å². The number of aromatic nitrogens is 4. The first kappa shape index (κ1) is 14.9. The molecule has 6 nitrogen and oxygen atoms in total. The summed E-state index contributed by atoms with van der Waals surface area (Å²) in [5, 5.41) is 4.94. The van der Waals surface area contributed by atoms with Gasteiger partial charge in [0, 0.05) is 30.9 Å². The molecule has 0 aliphatic carbocycles. The standard InChI is InChI=1S/C17H17N5OS/c1-12-19-14-4-2-3-5-15(14)22(12)7-6-18-16(23)10-13-11-21-8-9-24-17(21)20-13/h2-5,8-9,11H,6-7,10H2,1H3,(H,18,23). The van der Waals surface area contributed by atoms with E-state index in [2.05, 4.69) is 25.9 Å². The molecule has 1 N–H and O–H groups in total. The first-order chi connectivity index (χ1) is 11.7. The number of imidazole rings is 2. The van der Waals surface area contributed by atoms with Crippen LogP contribution in [0.25, 0.3) is 16.0 Å². The van der Waals surface area contributed by atoms with Crippen LogP contribution in [-0.2, 0) is 17.8 Å². The zero-order valence-corrected chi connectivity index (χ0v) is 14.1. The Balaban J connectivity index is 1.37. The van der Waals surface area contributed by atoms with Gasteiger partial charge in [-0.15, -0.1) is 11.3 Å². The molecule has 0 atom stereocenters. The van der Waals surface area contributed by atoms with E-state index in [0.29, 0.717) is 19.5 Å². The van der Waals surface area contributed by atoms with Crippen molar-refractivity contribution in [2.75, 3.05) is 6.54 Å². The van der Waals surface area contributed by atoms with Crippen LogP contribution in [0.15, 0.2) is 42.0 Å². The Bertz CT molecular complexity index is 984. The molecule has 3 heterocycles. The minimum atomic E-state index is -0.0113. The van der Waals surface area contributed by atoms with E-state index in [9.17, 15) is 4.79 Å². The van der Waals surface area contributed by atoms with Gasteiger partial charge in [-0.2, -0.15) is 0 Å². The summed E-state index contributed by atoms with van der Waals surface area (Å²) < 4.78 is 4.07. The van der Waals surface area contributed by atoms with Crippen molar-refractivity contribution in [1.82, 2.24) is 24.3 Å². The zero-order chi connectivity index (χ0) is 16.5. The predicted octanol–water partition coefficient (Wildman–Crippen LogP) is 2.41. The Morgan fingerprint density at radius 1 is 1.29 bits per heavy atom. The fraction of sp³-hybridized carbons (Fsp3) is 0.235. The van der Waals surface area contributed by atoms with Crippen LogP contribution in [0.2, 0.25) is 0 Å². The lowest BCUT2D eigenvalue weighted by Crippen LogP contribution is -2.28. The van der Waals surface area contributed by atoms with E-state index >= 15 is 0 Å². The number of fused-ring (bicyclic) bond motifs is 2. The van der Waals surface area contributed by atoms with Crippen molar-refractivity contribution in [2.45, 2.75) is 19.9 Å². The molecule has 0 saturated heterocycles. The van der Waals surface area contributed by atoms with Gasteiger partial charge in [-0.25, -0.2) is 9.97 Å². The molecule has 0 saturated carbocycles. The minimum absolute atomic E-state index is 0.0113. The second-order valence-electron chi connectivity index (χ2n) is 5.65. The third-order valence-electron chi connectivity index (χ3n) is 3.99. The van der Waals surface area contributed by atoms with Crippen LogP contribution in [0.5, 0.6) is 0 Å². The van der Waals surface area contributed by atoms with Crippen LogP contribution in [0.3, 0.4) is 0 Å². The number of aryl methyl sites for hydroxylation is 1. The van der Waals surface area contributed by atoms with Crippen molar-refractivity contribution in [3.05, 3.63) is 53.6 Å². The first-order valence-corrected chi connectivity index (χ1v) is 8.68. The highest BCUT2D eigenvalue weighted by Crippen LogP contribution is 2.15. The SMILES string of the molecule is Cc1nc2ccccc2n1CCNC(=O)Cc1cn2ccsc2n1. The molecule has 3 aromatic heterocycles. The summed E-state index contributed by atoms with van der Waals surface area (Å²) >= 11 is 1.56. The summed E-state index contributed by atoms with van der Waals surface area (Å²) in [6, 6.07) is 8.04. The van der Waals surface area contributed by atoms with E-state index in [4.69, 9.17) is 0 Å². The Hall–Kier alpha value is -2.67. The number of hydrogen-bond donors (Lipinski definition) is 1. The van der Waals surface area contributed by atoms with Gasteiger partial charge < -0.3 is 9.88 Å². The third-order valence-corrected chi connectivity index (χ3v) is 4.76. The van der Waals surface area contributed by atoms with Gasteiger partial charge in [0.25, 0.3) is 0 Å². The second-order valence-corrected chi connectivity index (χ2v) is 6.52. The minimum Gasteiger partial charge on any atom is -0.354 e. The summed E-state index contributed by atoms with van der Waals surface area (Å²) in [6.45, 7) is 3.26. The van der Waals surface area contributed by atoms with Gasteiger partial charge in [0.15, 0.2) is 4.96 Å². The van der Waals surface area contributed by atoms with E-state index < -0.39 is 0 Å². The highest BCUT2D eigenvalue weighted by atomic mass is 32.1. The highest BCUT2D eigenvalue weighted by Gasteiger charge is 2.09. The lowest BCUT2D eigenvalue weighted by Gasteiger charge is -2.08. The van der Waals surface area contributed by atoms with E-state index in [0.717, 1.165) is 27.5 Å². The van der Waals surface area contributed by atoms with Gasteiger partial charge in [0.1, 0.15) is 5.82 Å². The Labute approximate surface area is 142 Å². The number of hydrogen-bond acceptors (Lipinski definition) is 4. The molecule has 0 radical (unpaired) electrons. The highest BCUT2D eigenvalue weighted by molar-refractivity contribution is 7.15.